The van der Waals surface area contributed by atoms with Gasteiger partial charge in [-0.2, -0.15) is 0 Å². The number of halogens is 3. The minimum Gasteiger partial charge on any atom is -0.488 e. The second-order valence-corrected chi connectivity index (χ2v) is 8.42. The van der Waals surface area contributed by atoms with Gasteiger partial charge in [0.1, 0.15) is 36.2 Å². The zero-order valence-electron chi connectivity index (χ0n) is 18.1. The van der Waals surface area contributed by atoms with E-state index in [1.54, 1.807) is 36.4 Å². The molecule has 35 heavy (non-hydrogen) atoms. The van der Waals surface area contributed by atoms with Gasteiger partial charge in [0.15, 0.2) is 0 Å². The Morgan fingerprint density at radius 2 is 1.80 bits per heavy atom. The smallest absolute Gasteiger partial charge is 0.329 e. The number of rotatable bonds is 7. The Morgan fingerprint density at radius 3 is 2.54 bits per heavy atom. The highest BCUT2D eigenvalue weighted by atomic mass is 79.9. The maximum Gasteiger partial charge on any atom is 0.329 e. The van der Waals surface area contributed by atoms with Gasteiger partial charge < -0.3 is 15.4 Å². The van der Waals surface area contributed by atoms with E-state index in [-0.39, 0.29) is 23.8 Å². The molecule has 1 saturated heterocycles. The monoisotopic (exact) mass is 541 g/mol. The molecule has 10 heteroatoms. The van der Waals surface area contributed by atoms with Gasteiger partial charge in [0.05, 0.1) is 5.69 Å². The second-order valence-electron chi connectivity index (χ2n) is 7.50. The molecule has 4 amide bonds. The number of nitrogens with one attached hydrogen (secondary N) is 2. The number of anilines is 1. The van der Waals surface area contributed by atoms with Crippen molar-refractivity contribution in [3.05, 3.63) is 99.7 Å². The standard InChI is InChI=1S/C25H18BrF2N3O4/c26-17-7-10-22(35-14-15-5-8-18(27)9-6-15)16(11-17)12-21-24(33)31(25(34)30-21)13-23(32)29-20-4-2-1-3-19(20)28/h1-12H,13-14H2,(H,29,32)(H,30,34)/b21-12+. The number of benzene rings is 3. The molecule has 0 aromatic heterocycles. The molecule has 178 valence electrons. The molecule has 1 fully saturated rings. The van der Waals surface area contributed by atoms with Gasteiger partial charge in [-0.15, -0.1) is 0 Å². The third kappa shape index (κ3) is 5.90. The van der Waals surface area contributed by atoms with Crippen LogP contribution in [0.1, 0.15) is 11.1 Å². The van der Waals surface area contributed by atoms with Crippen molar-refractivity contribution in [3.63, 3.8) is 0 Å². The molecule has 0 spiro atoms. The zero-order valence-corrected chi connectivity index (χ0v) is 19.6. The summed E-state index contributed by atoms with van der Waals surface area (Å²) in [5.41, 5.74) is 1.11. The number of amides is 4. The van der Waals surface area contributed by atoms with E-state index in [0.717, 1.165) is 10.5 Å². The SMILES string of the molecule is O=C(CN1C(=O)N/C(=C/c2cc(Br)ccc2OCc2ccc(F)cc2)C1=O)Nc1ccccc1F. The van der Waals surface area contributed by atoms with E-state index in [2.05, 4.69) is 26.6 Å². The molecule has 0 saturated carbocycles. The van der Waals surface area contributed by atoms with Gasteiger partial charge in [0, 0.05) is 10.0 Å². The molecule has 0 bridgehead atoms. The molecular formula is C25H18BrF2N3O4. The first-order valence-electron chi connectivity index (χ1n) is 10.4. The van der Waals surface area contributed by atoms with Crippen LogP contribution in [0.4, 0.5) is 19.3 Å². The van der Waals surface area contributed by atoms with Gasteiger partial charge in [0.25, 0.3) is 5.91 Å². The molecule has 0 radical (unpaired) electrons. The molecule has 0 aliphatic carbocycles. The molecule has 1 aliphatic heterocycles. The Kier molecular flexibility index (Phi) is 7.21. The maximum atomic E-state index is 13.8. The van der Waals surface area contributed by atoms with Crippen molar-refractivity contribution in [2.45, 2.75) is 6.61 Å². The van der Waals surface area contributed by atoms with Gasteiger partial charge in [-0.25, -0.2) is 18.5 Å². The van der Waals surface area contributed by atoms with Crippen LogP contribution in [-0.2, 0) is 16.2 Å². The summed E-state index contributed by atoms with van der Waals surface area (Å²) in [6.45, 7) is -0.441. The highest BCUT2D eigenvalue weighted by Crippen LogP contribution is 2.27. The quantitative estimate of drug-likeness (QED) is 0.331. The summed E-state index contributed by atoms with van der Waals surface area (Å²) >= 11 is 3.37. The molecule has 1 aliphatic rings. The normalized spacial score (nSPS) is 14.3. The summed E-state index contributed by atoms with van der Waals surface area (Å²) in [5.74, 6) is -2.02. The molecule has 7 nitrogen and oxygen atoms in total. The maximum absolute atomic E-state index is 13.8. The predicted molar refractivity (Wildman–Crippen MR) is 128 cm³/mol. The van der Waals surface area contributed by atoms with Crippen molar-refractivity contribution < 1.29 is 27.9 Å². The van der Waals surface area contributed by atoms with E-state index < -0.39 is 30.2 Å². The fraction of sp³-hybridized carbons (Fsp3) is 0.0800. The summed E-state index contributed by atoms with van der Waals surface area (Å²) in [5, 5.41) is 4.78. The van der Waals surface area contributed by atoms with Crippen molar-refractivity contribution >= 4 is 45.5 Å². The second kappa shape index (κ2) is 10.5. The number of ether oxygens (including phenoxy) is 1. The van der Waals surface area contributed by atoms with Crippen LogP contribution in [0, 0.1) is 11.6 Å². The lowest BCUT2D eigenvalue weighted by molar-refractivity contribution is -0.127. The number of para-hydroxylation sites is 1. The fourth-order valence-electron chi connectivity index (χ4n) is 3.27. The molecule has 0 atom stereocenters. The third-order valence-corrected chi connectivity index (χ3v) is 5.48. The van der Waals surface area contributed by atoms with Crippen molar-refractivity contribution in [2.75, 3.05) is 11.9 Å². The summed E-state index contributed by atoms with van der Waals surface area (Å²) in [6, 6.07) is 15.7. The lowest BCUT2D eigenvalue weighted by Crippen LogP contribution is -2.38. The summed E-state index contributed by atoms with van der Waals surface area (Å²) < 4.78 is 33.4. The summed E-state index contributed by atoms with van der Waals surface area (Å²) in [7, 11) is 0. The third-order valence-electron chi connectivity index (χ3n) is 4.99. The van der Waals surface area contributed by atoms with E-state index in [0.29, 0.717) is 15.8 Å². The van der Waals surface area contributed by atoms with Crippen LogP contribution >= 0.6 is 15.9 Å². The lowest BCUT2D eigenvalue weighted by Gasteiger charge is -2.12. The average molecular weight is 542 g/mol. The molecule has 3 aromatic rings. The number of hydrogen-bond donors (Lipinski definition) is 2. The molecule has 3 aromatic carbocycles. The number of urea groups is 1. The first kappa shape index (κ1) is 24.1. The van der Waals surface area contributed by atoms with Crippen LogP contribution in [0.2, 0.25) is 0 Å². The number of carbonyl (C=O) groups is 3. The zero-order chi connectivity index (χ0) is 24.9. The Labute approximate surface area is 207 Å². The Hall–Kier alpha value is -4.05. The molecule has 2 N–H and O–H groups in total. The topological polar surface area (TPSA) is 87.7 Å². The summed E-state index contributed by atoms with van der Waals surface area (Å²) in [4.78, 5) is 38.2. The first-order valence-corrected chi connectivity index (χ1v) is 11.1. The lowest BCUT2D eigenvalue weighted by atomic mass is 10.1. The van der Waals surface area contributed by atoms with Gasteiger partial charge in [-0.05, 0) is 54.1 Å². The van der Waals surface area contributed by atoms with Crippen molar-refractivity contribution in [2.24, 2.45) is 0 Å². The average Bonchev–Trinajstić information content (AvgIpc) is 3.08. The Bertz CT molecular complexity index is 1330. The van der Waals surface area contributed by atoms with Crippen LogP contribution < -0.4 is 15.4 Å². The minimum atomic E-state index is -0.784. The first-order chi connectivity index (χ1) is 16.8. The van der Waals surface area contributed by atoms with E-state index in [4.69, 9.17) is 4.74 Å². The Balaban J connectivity index is 1.48. The predicted octanol–water partition coefficient (Wildman–Crippen LogP) is 4.84. The fourth-order valence-corrected chi connectivity index (χ4v) is 3.65. The van der Waals surface area contributed by atoms with Crippen molar-refractivity contribution in [3.8, 4) is 5.75 Å². The van der Waals surface area contributed by atoms with Crippen LogP contribution in [0.15, 0.2) is 76.9 Å². The van der Waals surface area contributed by atoms with Crippen LogP contribution in [0.5, 0.6) is 5.75 Å². The number of imide groups is 1. The highest BCUT2D eigenvalue weighted by Gasteiger charge is 2.35. The molecule has 0 unspecified atom stereocenters. The van der Waals surface area contributed by atoms with Crippen LogP contribution in [0.3, 0.4) is 0 Å². The number of hydrogen-bond acceptors (Lipinski definition) is 4. The largest absolute Gasteiger partial charge is 0.488 e. The number of carbonyl (C=O) groups excluding carboxylic acids is 3. The van der Waals surface area contributed by atoms with E-state index >= 15 is 0 Å². The van der Waals surface area contributed by atoms with E-state index in [9.17, 15) is 23.2 Å². The van der Waals surface area contributed by atoms with E-state index in [1.807, 2.05) is 0 Å². The molecule has 1 heterocycles. The molecular weight excluding hydrogens is 524 g/mol. The van der Waals surface area contributed by atoms with Crippen molar-refractivity contribution in [1.29, 1.82) is 0 Å². The van der Waals surface area contributed by atoms with Gasteiger partial charge in [0.2, 0.25) is 5.91 Å². The molecule has 4 rings (SSSR count). The van der Waals surface area contributed by atoms with Crippen LogP contribution in [-0.4, -0.2) is 29.3 Å². The van der Waals surface area contributed by atoms with Crippen molar-refractivity contribution in [1.82, 2.24) is 10.2 Å². The summed E-state index contributed by atoms with van der Waals surface area (Å²) in [6.07, 6.45) is 1.43. The van der Waals surface area contributed by atoms with Gasteiger partial charge in [-0.1, -0.05) is 40.2 Å². The van der Waals surface area contributed by atoms with Crippen LogP contribution in [0.25, 0.3) is 6.08 Å². The van der Waals surface area contributed by atoms with Gasteiger partial charge >= 0.3 is 6.03 Å². The Morgan fingerprint density at radius 1 is 1.06 bits per heavy atom. The minimum absolute atomic E-state index is 0.0570. The van der Waals surface area contributed by atoms with Gasteiger partial charge in [-0.3, -0.25) is 9.59 Å². The van der Waals surface area contributed by atoms with E-state index in [1.165, 1.54) is 36.4 Å². The highest BCUT2D eigenvalue weighted by molar-refractivity contribution is 9.10. The number of nitrogens with zero attached hydrogens (tertiary/aromatic N) is 1.